The summed E-state index contributed by atoms with van der Waals surface area (Å²) in [6.07, 6.45) is 2.21. The predicted octanol–water partition coefficient (Wildman–Crippen LogP) is 6.14. The van der Waals surface area contributed by atoms with Gasteiger partial charge in [0.1, 0.15) is 16.0 Å². The van der Waals surface area contributed by atoms with Crippen LogP contribution in [0.1, 0.15) is 25.3 Å². The highest BCUT2D eigenvalue weighted by molar-refractivity contribution is 9.10. The lowest BCUT2D eigenvalue weighted by Gasteiger charge is -2.19. The molecule has 1 N–H and O–H groups in total. The van der Waals surface area contributed by atoms with Crippen LogP contribution in [0.5, 0.6) is 5.75 Å². The first-order valence-electron chi connectivity index (χ1n) is 8.97. The zero-order valence-corrected chi connectivity index (χ0v) is 17.4. The topological polar surface area (TPSA) is 39.1 Å². The third kappa shape index (κ3) is 3.92. The highest BCUT2D eigenvalue weighted by Crippen LogP contribution is 2.36. The van der Waals surface area contributed by atoms with Crippen molar-refractivity contribution >= 4 is 33.4 Å². The molecule has 0 bridgehead atoms. The monoisotopic (exact) mass is 441 g/mol. The molecule has 3 aromatic rings. The highest BCUT2D eigenvalue weighted by Gasteiger charge is 2.21. The van der Waals surface area contributed by atoms with Gasteiger partial charge in [0.05, 0.1) is 12.3 Å². The molecule has 1 aromatic heterocycles. The number of ether oxygens (including phenoxy) is 1. The van der Waals surface area contributed by atoms with Gasteiger partial charge in [0.2, 0.25) is 0 Å². The van der Waals surface area contributed by atoms with Crippen LogP contribution >= 0.6 is 27.7 Å². The average Bonchev–Trinajstić information content (AvgIpc) is 3.05. The van der Waals surface area contributed by atoms with Gasteiger partial charge >= 0.3 is 0 Å². The number of unbranched alkanes of at least 4 members (excludes halogenated alkanes) is 1. The second-order valence-electron chi connectivity index (χ2n) is 6.22. The molecular weight excluding hydrogens is 422 g/mol. The molecule has 0 saturated heterocycles. The fourth-order valence-electron chi connectivity index (χ4n) is 2.79. The second kappa shape index (κ2) is 8.23. The van der Waals surface area contributed by atoms with Crippen molar-refractivity contribution in [2.45, 2.75) is 24.9 Å². The summed E-state index contributed by atoms with van der Waals surface area (Å²) >= 11 is 5.31. The molecule has 0 saturated carbocycles. The van der Waals surface area contributed by atoms with Gasteiger partial charge in [-0.3, -0.25) is 5.43 Å². The maximum Gasteiger partial charge on any atom is 0.193 e. The zero-order valence-electron chi connectivity index (χ0n) is 15.0. The minimum Gasteiger partial charge on any atom is -0.494 e. The number of nitrogens with one attached hydrogen (secondary N) is 1. The molecule has 2 heterocycles. The molecule has 0 amide bonds. The Balaban J connectivity index is 1.52. The fraction of sp³-hybridized carbons (Fsp3) is 0.190. The zero-order chi connectivity index (χ0) is 18.6. The fourth-order valence-corrected chi connectivity index (χ4v) is 4.28. The van der Waals surface area contributed by atoms with E-state index in [2.05, 4.69) is 58.0 Å². The number of benzene rings is 2. The maximum absolute atomic E-state index is 5.75. The van der Waals surface area contributed by atoms with Gasteiger partial charge in [-0.1, -0.05) is 55.4 Å². The summed E-state index contributed by atoms with van der Waals surface area (Å²) in [5, 5.41) is 3.00. The van der Waals surface area contributed by atoms with Crippen LogP contribution in [0.3, 0.4) is 0 Å². The summed E-state index contributed by atoms with van der Waals surface area (Å²) in [5.74, 6) is 0.909. The first-order valence-corrected chi connectivity index (χ1v) is 10.6. The van der Waals surface area contributed by atoms with Crippen molar-refractivity contribution in [1.82, 2.24) is 9.66 Å². The Morgan fingerprint density at radius 2 is 1.85 bits per heavy atom. The molecule has 4 nitrogen and oxygen atoms in total. The molecule has 138 valence electrons. The van der Waals surface area contributed by atoms with E-state index in [1.807, 2.05) is 35.0 Å². The van der Waals surface area contributed by atoms with Crippen LogP contribution in [0.2, 0.25) is 0 Å². The van der Waals surface area contributed by atoms with E-state index >= 15 is 0 Å². The number of thioether (sulfide) groups is 1. The molecule has 1 aliphatic heterocycles. The molecule has 0 atom stereocenters. The quantitative estimate of drug-likeness (QED) is 0.466. The lowest BCUT2D eigenvalue weighted by atomic mass is 10.2. The molecule has 0 radical (unpaired) electrons. The van der Waals surface area contributed by atoms with Gasteiger partial charge in [-0.05, 0) is 46.6 Å². The molecule has 4 rings (SSSR count). The van der Waals surface area contributed by atoms with E-state index in [0.717, 1.165) is 57.5 Å². The molecule has 0 fully saturated rings. The van der Waals surface area contributed by atoms with Crippen LogP contribution in [-0.2, 0) is 0 Å². The number of aromatic nitrogens is 2. The van der Waals surface area contributed by atoms with Crippen LogP contribution in [0, 0.1) is 0 Å². The SMILES string of the molecule is CCCCOc1ccc(C2=CSc3nc(-c4ccccc4)c(Br)n3N2)cc1. The van der Waals surface area contributed by atoms with Gasteiger partial charge < -0.3 is 4.74 Å². The van der Waals surface area contributed by atoms with Crippen LogP contribution in [0.25, 0.3) is 17.0 Å². The summed E-state index contributed by atoms with van der Waals surface area (Å²) in [7, 11) is 0. The van der Waals surface area contributed by atoms with Crippen molar-refractivity contribution in [2.24, 2.45) is 0 Å². The maximum atomic E-state index is 5.75. The van der Waals surface area contributed by atoms with E-state index in [0.29, 0.717) is 0 Å². The number of nitrogens with zero attached hydrogens (tertiary/aromatic N) is 2. The van der Waals surface area contributed by atoms with Gasteiger partial charge in [0.25, 0.3) is 0 Å². The minimum absolute atomic E-state index is 0.764. The first kappa shape index (κ1) is 18.2. The first-order chi connectivity index (χ1) is 13.3. The van der Waals surface area contributed by atoms with Gasteiger partial charge in [0, 0.05) is 16.5 Å². The van der Waals surface area contributed by atoms with Crippen molar-refractivity contribution in [1.29, 1.82) is 0 Å². The van der Waals surface area contributed by atoms with E-state index in [9.17, 15) is 0 Å². The van der Waals surface area contributed by atoms with E-state index in [1.54, 1.807) is 11.8 Å². The molecule has 6 heteroatoms. The normalized spacial score (nSPS) is 12.9. The molecule has 2 aromatic carbocycles. The van der Waals surface area contributed by atoms with Crippen molar-refractivity contribution < 1.29 is 4.74 Å². The van der Waals surface area contributed by atoms with E-state index < -0.39 is 0 Å². The second-order valence-corrected chi connectivity index (χ2v) is 7.81. The van der Waals surface area contributed by atoms with Gasteiger partial charge in [-0.15, -0.1) is 0 Å². The minimum atomic E-state index is 0.764. The molecular formula is C21H20BrN3OS. The Labute approximate surface area is 171 Å². The summed E-state index contributed by atoms with van der Waals surface area (Å²) in [4.78, 5) is 4.76. The smallest absolute Gasteiger partial charge is 0.193 e. The summed E-state index contributed by atoms with van der Waals surface area (Å²) < 4.78 is 8.65. The number of halogens is 1. The number of rotatable bonds is 6. The molecule has 0 aliphatic carbocycles. The number of imidazole rings is 1. The Morgan fingerprint density at radius 3 is 2.59 bits per heavy atom. The van der Waals surface area contributed by atoms with Crippen LogP contribution in [0.4, 0.5) is 0 Å². The lowest BCUT2D eigenvalue weighted by molar-refractivity contribution is 0.309. The van der Waals surface area contributed by atoms with Gasteiger partial charge in [-0.2, -0.15) is 0 Å². The Kier molecular flexibility index (Phi) is 5.55. The predicted molar refractivity (Wildman–Crippen MR) is 115 cm³/mol. The lowest BCUT2D eigenvalue weighted by Crippen LogP contribution is -2.17. The van der Waals surface area contributed by atoms with Crippen molar-refractivity contribution in [3.8, 4) is 17.0 Å². The average molecular weight is 442 g/mol. The molecule has 27 heavy (non-hydrogen) atoms. The van der Waals surface area contributed by atoms with Crippen molar-refractivity contribution in [2.75, 3.05) is 12.0 Å². The third-order valence-electron chi connectivity index (χ3n) is 4.28. The van der Waals surface area contributed by atoms with Crippen molar-refractivity contribution in [3.63, 3.8) is 0 Å². The Bertz CT molecular complexity index is 952. The summed E-state index contributed by atoms with van der Waals surface area (Å²) in [6, 6.07) is 18.4. The van der Waals surface area contributed by atoms with Gasteiger partial charge in [0.15, 0.2) is 5.16 Å². The summed E-state index contributed by atoms with van der Waals surface area (Å²) in [5.41, 5.74) is 7.61. The highest BCUT2D eigenvalue weighted by atomic mass is 79.9. The number of hydrogen-bond acceptors (Lipinski definition) is 4. The molecule has 0 unspecified atom stereocenters. The van der Waals surface area contributed by atoms with Gasteiger partial charge in [-0.25, -0.2) is 9.66 Å². The Morgan fingerprint density at radius 1 is 1.07 bits per heavy atom. The van der Waals surface area contributed by atoms with E-state index in [-0.39, 0.29) is 0 Å². The van der Waals surface area contributed by atoms with E-state index in [4.69, 9.17) is 9.72 Å². The number of fused-ring (bicyclic) bond motifs is 1. The standard InChI is InChI=1S/C21H20BrN3OS/c1-2-3-13-26-17-11-9-15(10-12-17)18-14-27-21-23-19(20(22)25(21)24-18)16-7-5-4-6-8-16/h4-12,14,24H,2-3,13H2,1H3. The summed E-state index contributed by atoms with van der Waals surface area (Å²) in [6.45, 7) is 2.93. The van der Waals surface area contributed by atoms with E-state index in [1.165, 1.54) is 0 Å². The largest absolute Gasteiger partial charge is 0.494 e. The van der Waals surface area contributed by atoms with Crippen molar-refractivity contribution in [3.05, 3.63) is 70.2 Å². The Hall–Kier alpha value is -2.18. The van der Waals surface area contributed by atoms with Crippen LogP contribution < -0.4 is 10.2 Å². The molecule has 1 aliphatic rings. The molecule has 0 spiro atoms. The third-order valence-corrected chi connectivity index (χ3v) is 5.85. The van der Waals surface area contributed by atoms with Crippen LogP contribution in [0.15, 0.2) is 69.8 Å². The number of hydrogen-bond donors (Lipinski definition) is 1. The van der Waals surface area contributed by atoms with Crippen LogP contribution in [-0.4, -0.2) is 16.3 Å².